The minimum atomic E-state index is -4.38. The monoisotopic (exact) mass is 322 g/mol. The number of rotatable bonds is 3. The molecule has 18 heavy (non-hydrogen) atoms. The maximum absolute atomic E-state index is 12.5. The molecule has 100 valence electrons. The molecule has 0 unspecified atom stereocenters. The van der Waals surface area contributed by atoms with Gasteiger partial charge in [-0.1, -0.05) is 22.0 Å². The van der Waals surface area contributed by atoms with Crippen molar-refractivity contribution < 1.29 is 13.2 Å². The van der Waals surface area contributed by atoms with Crippen LogP contribution >= 0.6 is 15.9 Å². The average Bonchev–Trinajstić information content (AvgIpc) is 2.26. The van der Waals surface area contributed by atoms with E-state index >= 15 is 0 Å². The number of aromatic nitrogens is 1. The van der Waals surface area contributed by atoms with Gasteiger partial charge in [-0.05, 0) is 30.9 Å². The first-order valence-electron chi connectivity index (χ1n) is 5.75. The first-order valence-corrected chi connectivity index (χ1v) is 6.67. The van der Waals surface area contributed by atoms with Crippen LogP contribution in [0.1, 0.15) is 18.5 Å². The molecule has 0 atom stereocenters. The highest BCUT2D eigenvalue weighted by Gasteiger charge is 2.33. The molecule has 6 heteroatoms. The molecule has 0 radical (unpaired) electrons. The van der Waals surface area contributed by atoms with Crippen molar-refractivity contribution in [2.24, 2.45) is 5.92 Å². The summed E-state index contributed by atoms with van der Waals surface area (Å²) < 4.78 is 37.6. The number of pyridine rings is 1. The highest BCUT2D eigenvalue weighted by atomic mass is 79.9. The van der Waals surface area contributed by atoms with E-state index in [2.05, 4.69) is 20.9 Å². The second-order valence-corrected chi connectivity index (χ2v) is 5.99. The number of hydrogen-bond donors (Lipinski definition) is 0. The summed E-state index contributed by atoms with van der Waals surface area (Å²) in [6.45, 7) is 0.746. The number of alkyl halides is 4. The quantitative estimate of drug-likeness (QED) is 0.789. The third kappa shape index (κ3) is 3.16. The summed E-state index contributed by atoms with van der Waals surface area (Å²) in [6.07, 6.45) is -2.24. The molecule has 0 spiro atoms. The Kier molecular flexibility index (Phi) is 3.84. The van der Waals surface area contributed by atoms with Gasteiger partial charge in [-0.2, -0.15) is 13.2 Å². The third-order valence-corrected chi connectivity index (χ3v) is 3.87. The second kappa shape index (κ2) is 5.07. The molecule has 0 bridgehead atoms. The molecule has 1 aromatic heterocycles. The molecule has 2 rings (SSSR count). The fourth-order valence-electron chi connectivity index (χ4n) is 2.08. The van der Waals surface area contributed by atoms with Crippen LogP contribution in [0.4, 0.5) is 19.0 Å². The Labute approximate surface area is 112 Å². The molecule has 2 nitrogen and oxygen atoms in total. The van der Waals surface area contributed by atoms with E-state index in [0.717, 1.165) is 25.5 Å². The van der Waals surface area contributed by atoms with Crippen molar-refractivity contribution in [3.63, 3.8) is 0 Å². The normalized spacial score (nSPS) is 23.6. The lowest BCUT2D eigenvalue weighted by Gasteiger charge is -2.34. The van der Waals surface area contributed by atoms with Gasteiger partial charge in [-0.3, -0.25) is 0 Å². The smallest absolute Gasteiger partial charge is 0.359 e. The van der Waals surface area contributed by atoms with Crippen LogP contribution in [-0.4, -0.2) is 23.4 Å². The van der Waals surface area contributed by atoms with E-state index in [1.165, 1.54) is 6.07 Å². The van der Waals surface area contributed by atoms with E-state index in [1.807, 2.05) is 0 Å². The van der Waals surface area contributed by atoms with Crippen molar-refractivity contribution in [1.82, 2.24) is 4.98 Å². The lowest BCUT2D eigenvalue weighted by Crippen LogP contribution is -2.35. The van der Waals surface area contributed by atoms with Crippen molar-refractivity contribution in [3.8, 4) is 0 Å². The Hall–Kier alpha value is -0.780. The molecule has 0 saturated heterocycles. The molecule has 1 aromatic rings. The predicted octanol–water partition coefficient (Wildman–Crippen LogP) is 3.71. The molecule has 1 saturated carbocycles. The maximum Gasteiger partial charge on any atom is 0.433 e. The Balaban J connectivity index is 2.03. The number of hydrogen-bond acceptors (Lipinski definition) is 2. The minimum absolute atomic E-state index is 0.378. The maximum atomic E-state index is 12.5. The molecule has 1 aliphatic carbocycles. The van der Waals surface area contributed by atoms with Crippen LogP contribution in [0.2, 0.25) is 0 Å². The zero-order chi connectivity index (χ0) is 13.3. The summed E-state index contributed by atoms with van der Waals surface area (Å²) in [5, 5.41) is 0. The molecule has 1 fully saturated rings. The first kappa shape index (κ1) is 13.6. The molecule has 0 aromatic carbocycles. The van der Waals surface area contributed by atoms with Crippen molar-refractivity contribution in [1.29, 1.82) is 0 Å². The topological polar surface area (TPSA) is 16.1 Å². The van der Waals surface area contributed by atoms with Crippen molar-refractivity contribution >= 4 is 21.7 Å². The zero-order valence-corrected chi connectivity index (χ0v) is 11.5. The number of anilines is 1. The van der Waals surface area contributed by atoms with E-state index < -0.39 is 11.9 Å². The summed E-state index contributed by atoms with van der Waals surface area (Å²) >= 11 is 3.50. The fourth-order valence-corrected chi connectivity index (χ4v) is 3.14. The molecule has 0 amide bonds. The Morgan fingerprint density at radius 1 is 1.39 bits per heavy atom. The minimum Gasteiger partial charge on any atom is -0.359 e. The molecular weight excluding hydrogens is 309 g/mol. The van der Waals surface area contributed by atoms with Gasteiger partial charge in [0.25, 0.3) is 0 Å². The lowest BCUT2D eigenvalue weighted by atomic mass is 9.85. The summed E-state index contributed by atoms with van der Waals surface area (Å²) in [6, 6.07) is 4.00. The Morgan fingerprint density at radius 2 is 2.06 bits per heavy atom. The number of halogens is 4. The Bertz CT molecular complexity index is 416. The molecule has 0 aliphatic heterocycles. The molecule has 1 heterocycles. The highest BCUT2D eigenvalue weighted by molar-refractivity contribution is 9.09. The third-order valence-electron chi connectivity index (χ3n) is 3.13. The molecule has 0 N–H and O–H groups in total. The lowest BCUT2D eigenvalue weighted by molar-refractivity contribution is -0.141. The van der Waals surface area contributed by atoms with Crippen LogP contribution in [0.15, 0.2) is 18.2 Å². The fraction of sp³-hybridized carbons (Fsp3) is 0.583. The van der Waals surface area contributed by atoms with Crippen molar-refractivity contribution in [2.45, 2.75) is 23.8 Å². The van der Waals surface area contributed by atoms with Gasteiger partial charge >= 0.3 is 6.18 Å². The molecule has 1 aliphatic rings. The van der Waals surface area contributed by atoms with E-state index in [9.17, 15) is 13.2 Å². The van der Waals surface area contributed by atoms with Crippen LogP contribution < -0.4 is 4.90 Å². The first-order chi connectivity index (χ1) is 8.36. The summed E-state index contributed by atoms with van der Waals surface area (Å²) in [4.78, 5) is 6.01. The zero-order valence-electron chi connectivity index (χ0n) is 9.91. The van der Waals surface area contributed by atoms with Crippen LogP contribution in [-0.2, 0) is 6.18 Å². The van der Waals surface area contributed by atoms with Gasteiger partial charge in [0.05, 0.1) is 0 Å². The van der Waals surface area contributed by atoms with Gasteiger partial charge in [-0.25, -0.2) is 4.98 Å². The Morgan fingerprint density at radius 3 is 2.61 bits per heavy atom. The predicted molar refractivity (Wildman–Crippen MR) is 67.9 cm³/mol. The summed E-state index contributed by atoms with van der Waals surface area (Å²) in [5.74, 6) is 0.915. The van der Waals surface area contributed by atoms with Gasteiger partial charge < -0.3 is 4.90 Å². The van der Waals surface area contributed by atoms with Gasteiger partial charge in [0.1, 0.15) is 11.5 Å². The highest BCUT2D eigenvalue weighted by Crippen LogP contribution is 2.34. The van der Waals surface area contributed by atoms with Gasteiger partial charge in [-0.15, -0.1) is 0 Å². The van der Waals surface area contributed by atoms with E-state index in [-0.39, 0.29) is 0 Å². The standard InChI is InChI=1S/C12H14BrF3N2/c1-18(7-8-5-9(13)6-8)11-4-2-3-10(17-11)12(14,15)16/h2-4,8-9H,5-7H2,1H3. The largest absolute Gasteiger partial charge is 0.433 e. The van der Waals surface area contributed by atoms with Crippen LogP contribution in [0.3, 0.4) is 0 Å². The summed E-state index contributed by atoms with van der Waals surface area (Å²) in [5.41, 5.74) is -0.834. The van der Waals surface area contributed by atoms with Crippen molar-refractivity contribution in [3.05, 3.63) is 23.9 Å². The SMILES string of the molecule is CN(CC1CC(Br)C1)c1cccc(C(F)(F)F)n1. The van der Waals surface area contributed by atoms with Crippen LogP contribution in [0, 0.1) is 5.92 Å². The van der Waals surface area contributed by atoms with Gasteiger partial charge in [0.2, 0.25) is 0 Å². The van der Waals surface area contributed by atoms with Gasteiger partial charge in [0, 0.05) is 18.4 Å². The van der Waals surface area contributed by atoms with Crippen LogP contribution in [0.25, 0.3) is 0 Å². The number of nitrogens with zero attached hydrogens (tertiary/aromatic N) is 2. The van der Waals surface area contributed by atoms with Crippen LogP contribution in [0.5, 0.6) is 0 Å². The summed E-state index contributed by atoms with van der Waals surface area (Å²) in [7, 11) is 1.78. The second-order valence-electron chi connectivity index (χ2n) is 4.69. The average molecular weight is 323 g/mol. The molecular formula is C12H14BrF3N2. The van der Waals surface area contributed by atoms with E-state index in [0.29, 0.717) is 16.6 Å². The van der Waals surface area contributed by atoms with Gasteiger partial charge in [0.15, 0.2) is 0 Å². The van der Waals surface area contributed by atoms with E-state index in [4.69, 9.17) is 0 Å². The van der Waals surface area contributed by atoms with Crippen molar-refractivity contribution in [2.75, 3.05) is 18.5 Å². The van der Waals surface area contributed by atoms with E-state index in [1.54, 1.807) is 18.0 Å².